The Bertz CT molecular complexity index is 239. The molecule has 4 nitrogen and oxygen atoms in total. The van der Waals surface area contributed by atoms with Gasteiger partial charge in [0.05, 0.1) is 5.03 Å². The van der Waals surface area contributed by atoms with E-state index >= 15 is 0 Å². The predicted molar refractivity (Wildman–Crippen MR) is 66.0 cm³/mol. The number of thiol groups is 2. The maximum Gasteiger partial charge on any atom is 0.119 e. The van der Waals surface area contributed by atoms with E-state index in [4.69, 9.17) is 0 Å². The van der Waals surface area contributed by atoms with Crippen LogP contribution in [0.3, 0.4) is 0 Å². The van der Waals surface area contributed by atoms with Crippen LogP contribution >= 0.6 is 25.3 Å². The lowest BCUT2D eigenvalue weighted by Gasteiger charge is -2.24. The van der Waals surface area contributed by atoms with Gasteiger partial charge in [0.1, 0.15) is 5.04 Å². The van der Waals surface area contributed by atoms with Gasteiger partial charge in [-0.3, -0.25) is 5.43 Å². The highest BCUT2D eigenvalue weighted by molar-refractivity contribution is 7.97. The van der Waals surface area contributed by atoms with Gasteiger partial charge in [-0.25, -0.2) is 0 Å². The van der Waals surface area contributed by atoms with Crippen molar-refractivity contribution in [1.82, 2.24) is 16.1 Å². The van der Waals surface area contributed by atoms with E-state index in [0.29, 0.717) is 5.04 Å². The first-order valence-corrected chi connectivity index (χ1v) is 5.60. The van der Waals surface area contributed by atoms with Crippen LogP contribution in [0.25, 0.3) is 0 Å². The van der Waals surface area contributed by atoms with Crippen molar-refractivity contribution in [3.8, 4) is 0 Å². The lowest BCUT2D eigenvalue weighted by atomic mass is 10.2. The molecule has 0 radical (unpaired) electrons. The Morgan fingerprint density at radius 2 is 2.29 bits per heavy atom. The molecule has 0 aliphatic carbocycles. The Kier molecular flexibility index (Phi) is 5.21. The summed E-state index contributed by atoms with van der Waals surface area (Å²) in [7, 11) is 0. The van der Waals surface area contributed by atoms with Crippen molar-refractivity contribution in [2.75, 3.05) is 6.54 Å². The Morgan fingerprint density at radius 3 is 2.93 bits per heavy atom. The van der Waals surface area contributed by atoms with Crippen LogP contribution in [0.4, 0.5) is 0 Å². The Morgan fingerprint density at radius 1 is 1.50 bits per heavy atom. The van der Waals surface area contributed by atoms with E-state index in [1.54, 1.807) is 11.3 Å². The first kappa shape index (κ1) is 11.7. The summed E-state index contributed by atoms with van der Waals surface area (Å²) >= 11 is 8.33. The second-order valence-corrected chi connectivity index (χ2v) is 3.97. The number of hydrazine groups is 2. The third-order valence-electron chi connectivity index (χ3n) is 1.73. The van der Waals surface area contributed by atoms with E-state index in [1.165, 1.54) is 12.8 Å². The van der Waals surface area contributed by atoms with E-state index < -0.39 is 0 Å². The lowest BCUT2D eigenvalue weighted by Crippen LogP contribution is -2.45. The van der Waals surface area contributed by atoms with Crippen molar-refractivity contribution in [3.63, 3.8) is 0 Å². The van der Waals surface area contributed by atoms with Crippen LogP contribution < -0.4 is 10.9 Å². The van der Waals surface area contributed by atoms with Gasteiger partial charge in [0.25, 0.3) is 0 Å². The molecule has 6 heteroatoms. The van der Waals surface area contributed by atoms with Gasteiger partial charge in [0.2, 0.25) is 0 Å². The summed E-state index contributed by atoms with van der Waals surface area (Å²) in [4.78, 5) is 0. The number of rotatable bonds is 5. The van der Waals surface area contributed by atoms with Crippen LogP contribution in [0.5, 0.6) is 0 Å². The van der Waals surface area contributed by atoms with Crippen LogP contribution in [-0.4, -0.2) is 16.8 Å². The van der Waals surface area contributed by atoms with Crippen molar-refractivity contribution in [3.05, 3.63) is 11.1 Å². The molecule has 1 aliphatic rings. The molecule has 80 valence electrons. The smallest absolute Gasteiger partial charge is 0.119 e. The summed E-state index contributed by atoms with van der Waals surface area (Å²) in [5.41, 5.74) is 6.05. The van der Waals surface area contributed by atoms with Gasteiger partial charge < -0.3 is 0 Å². The molecule has 0 fully saturated rings. The van der Waals surface area contributed by atoms with Crippen molar-refractivity contribution in [2.45, 2.75) is 26.2 Å². The molecule has 0 bridgehead atoms. The zero-order valence-corrected chi connectivity index (χ0v) is 9.98. The first-order chi connectivity index (χ1) is 6.72. The average Bonchev–Trinajstić information content (AvgIpc) is 2.11. The molecular weight excluding hydrogens is 216 g/mol. The van der Waals surface area contributed by atoms with Gasteiger partial charge in [-0.2, -0.15) is 5.43 Å². The molecule has 1 aliphatic heterocycles. The molecule has 2 N–H and O–H groups in total. The topological polar surface area (TPSA) is 39.7 Å². The fraction of sp³-hybridized carbons (Fsp3) is 0.625. The molecule has 0 aromatic heterocycles. The van der Waals surface area contributed by atoms with Gasteiger partial charge in [0.15, 0.2) is 0 Å². The lowest BCUT2D eigenvalue weighted by molar-refractivity contribution is 0.142. The number of hydrazone groups is 1. The van der Waals surface area contributed by atoms with E-state index in [9.17, 15) is 0 Å². The molecule has 0 unspecified atom stereocenters. The van der Waals surface area contributed by atoms with E-state index in [0.717, 1.165) is 18.0 Å². The maximum atomic E-state index is 4.18. The molecule has 0 saturated heterocycles. The molecule has 0 amide bonds. The number of nitrogens with one attached hydrogen (secondary N) is 2. The summed E-state index contributed by atoms with van der Waals surface area (Å²) in [5.74, 6) is 0. The third kappa shape index (κ3) is 4.26. The van der Waals surface area contributed by atoms with Crippen LogP contribution in [0, 0.1) is 0 Å². The normalized spacial score (nSPS) is 16.1. The predicted octanol–water partition coefficient (Wildman–Crippen LogP) is 1.52. The van der Waals surface area contributed by atoms with Crippen LogP contribution in [0.2, 0.25) is 0 Å². The second-order valence-electron chi connectivity index (χ2n) is 3.03. The van der Waals surface area contributed by atoms with Crippen LogP contribution in [-0.2, 0) is 0 Å². The largest absolute Gasteiger partial charge is 0.261 e. The standard InChI is InChI=1S/C8H16N4S2/c1-2-3-4-5-9-12-10-7(13)6-8(14)11-12/h6,9-10,13H,2-5H2,1H3,(H,11,14). The number of hydrogen-bond donors (Lipinski definition) is 4. The van der Waals surface area contributed by atoms with Crippen LogP contribution in [0.15, 0.2) is 16.2 Å². The Hall–Kier alpha value is -0.330. The van der Waals surface area contributed by atoms with Crippen molar-refractivity contribution in [1.29, 1.82) is 0 Å². The molecule has 0 aromatic rings. The minimum absolute atomic E-state index is 0.636. The summed E-state index contributed by atoms with van der Waals surface area (Å²) < 4.78 is 0. The molecule has 1 rings (SSSR count). The molecule has 0 saturated carbocycles. The van der Waals surface area contributed by atoms with Gasteiger partial charge in [-0.05, 0) is 6.42 Å². The average molecular weight is 232 g/mol. The highest BCUT2D eigenvalue weighted by Crippen LogP contribution is 2.05. The SMILES string of the molecule is CCCCCNN1N=C(S)C=C(S)N1. The molecule has 1 heterocycles. The zero-order chi connectivity index (χ0) is 10.4. The summed E-state index contributed by atoms with van der Waals surface area (Å²) in [6.45, 7) is 3.07. The molecule has 14 heavy (non-hydrogen) atoms. The third-order valence-corrected chi connectivity index (χ3v) is 2.18. The second kappa shape index (κ2) is 6.21. The zero-order valence-electron chi connectivity index (χ0n) is 8.19. The summed E-state index contributed by atoms with van der Waals surface area (Å²) in [6.07, 6.45) is 5.32. The van der Waals surface area contributed by atoms with E-state index in [-0.39, 0.29) is 0 Å². The quantitative estimate of drug-likeness (QED) is 0.429. The number of hydrogen-bond acceptors (Lipinski definition) is 5. The van der Waals surface area contributed by atoms with Gasteiger partial charge >= 0.3 is 0 Å². The molecular formula is C8H16N4S2. The van der Waals surface area contributed by atoms with Crippen LogP contribution in [0.1, 0.15) is 26.2 Å². The minimum Gasteiger partial charge on any atom is -0.261 e. The van der Waals surface area contributed by atoms with Crippen molar-refractivity contribution in [2.24, 2.45) is 5.10 Å². The molecule has 0 atom stereocenters. The first-order valence-electron chi connectivity index (χ1n) is 4.71. The fourth-order valence-electron chi connectivity index (χ4n) is 1.05. The highest BCUT2D eigenvalue weighted by Gasteiger charge is 2.06. The molecule has 0 spiro atoms. The minimum atomic E-state index is 0.636. The van der Waals surface area contributed by atoms with Gasteiger partial charge in [-0.1, -0.05) is 19.8 Å². The van der Waals surface area contributed by atoms with Crippen molar-refractivity contribution < 1.29 is 0 Å². The fourth-order valence-corrected chi connectivity index (χ4v) is 1.59. The number of nitrogens with zero attached hydrogens (tertiary/aromatic N) is 2. The van der Waals surface area contributed by atoms with E-state index in [1.807, 2.05) is 0 Å². The maximum absolute atomic E-state index is 4.18. The van der Waals surface area contributed by atoms with E-state index in [2.05, 4.69) is 48.1 Å². The summed E-state index contributed by atoms with van der Waals surface area (Å²) in [5, 5.41) is 7.00. The van der Waals surface area contributed by atoms with Gasteiger partial charge in [-0.15, -0.1) is 35.6 Å². The monoisotopic (exact) mass is 232 g/mol. The van der Waals surface area contributed by atoms with Gasteiger partial charge in [0, 0.05) is 12.6 Å². The Labute approximate surface area is 95.6 Å². The Balaban J connectivity index is 2.23. The number of unbranched alkanes of at least 4 members (excludes halogenated alkanes) is 2. The van der Waals surface area contributed by atoms with Crippen molar-refractivity contribution >= 4 is 30.3 Å². The molecule has 0 aromatic carbocycles. The summed E-state index contributed by atoms with van der Waals surface area (Å²) in [6, 6.07) is 0. The highest BCUT2D eigenvalue weighted by atomic mass is 32.1.